The van der Waals surface area contributed by atoms with Gasteiger partial charge >= 0.3 is 6.03 Å². The monoisotopic (exact) mass is 790 g/mol. The molecule has 0 aliphatic carbocycles. The van der Waals surface area contributed by atoms with Crippen LogP contribution in [0.25, 0.3) is 0 Å². The number of hydrogen-bond donors (Lipinski definition) is 11. The Hall–Kier alpha value is -2.86. The maximum Gasteiger partial charge on any atom is 0.326 e. The van der Waals surface area contributed by atoms with E-state index in [-0.39, 0.29) is 13.0 Å². The van der Waals surface area contributed by atoms with Crippen LogP contribution in [0.5, 0.6) is 0 Å². The Balaban J connectivity index is 1.49. The summed E-state index contributed by atoms with van der Waals surface area (Å²) in [6, 6.07) is -3.86. The molecule has 4 saturated heterocycles. The van der Waals surface area contributed by atoms with Crippen molar-refractivity contribution in [2.45, 2.75) is 164 Å². The molecule has 0 aromatic carbocycles. The molecule has 0 aromatic rings. The molecule has 0 saturated carbocycles. The molecule has 5 amide bonds. The lowest BCUT2D eigenvalue weighted by Crippen LogP contribution is -2.68. The highest BCUT2D eigenvalue weighted by Crippen LogP contribution is 2.33. The zero-order valence-corrected chi connectivity index (χ0v) is 31.3. The molecule has 314 valence electrons. The van der Waals surface area contributed by atoms with Crippen molar-refractivity contribution in [1.82, 2.24) is 20.9 Å². The topological polar surface area (TPSA) is 306 Å². The van der Waals surface area contributed by atoms with Crippen LogP contribution in [-0.4, -0.2) is 175 Å². The number of aliphatic hydroxyl groups is 8. The van der Waals surface area contributed by atoms with Gasteiger partial charge in [0.25, 0.3) is 0 Å². The minimum Gasteiger partial charge on any atom is -0.394 e. The Morgan fingerprint density at radius 1 is 0.873 bits per heavy atom. The average Bonchev–Trinajstić information content (AvgIpc) is 3.42. The lowest BCUT2D eigenvalue weighted by atomic mass is 9.91. The third-order valence-electron chi connectivity index (χ3n) is 10.2. The van der Waals surface area contributed by atoms with Gasteiger partial charge in [-0.3, -0.25) is 24.6 Å². The second-order valence-corrected chi connectivity index (χ2v) is 15.0. The Labute approximate surface area is 318 Å². The van der Waals surface area contributed by atoms with E-state index in [1.807, 2.05) is 0 Å². The lowest BCUT2D eigenvalue weighted by molar-refractivity contribution is -0.346. The molecule has 0 unspecified atom stereocenters. The normalized spacial score (nSPS) is 37.6. The first-order valence-electron chi connectivity index (χ1n) is 18.9. The number of imide groups is 1. The van der Waals surface area contributed by atoms with Crippen LogP contribution in [0.1, 0.15) is 72.1 Å². The van der Waals surface area contributed by atoms with E-state index in [2.05, 4.69) is 29.8 Å². The van der Waals surface area contributed by atoms with E-state index in [0.29, 0.717) is 12.3 Å². The van der Waals surface area contributed by atoms with Gasteiger partial charge in [-0.15, -0.1) is 0 Å². The molecular weight excluding hydrogens is 732 g/mol. The van der Waals surface area contributed by atoms with Crippen LogP contribution in [0.3, 0.4) is 0 Å². The molecule has 4 fully saturated rings. The summed E-state index contributed by atoms with van der Waals surface area (Å²) in [5.41, 5.74) is 0. The van der Waals surface area contributed by atoms with Crippen LogP contribution >= 0.6 is 0 Å². The summed E-state index contributed by atoms with van der Waals surface area (Å²) in [6.07, 6.45) is -13.6. The minimum absolute atomic E-state index is 0.0996. The van der Waals surface area contributed by atoms with Crippen molar-refractivity contribution in [3.63, 3.8) is 0 Å². The summed E-state index contributed by atoms with van der Waals surface area (Å²) in [4.78, 5) is 50.1. The van der Waals surface area contributed by atoms with Gasteiger partial charge in [0, 0.05) is 26.3 Å². The van der Waals surface area contributed by atoms with E-state index in [1.165, 1.54) is 6.08 Å². The SMILES string of the molecule is CC(=O)N[C@@H]1[C@@H](O[C@@H]2O[C@H](C[C@H](O)[C@H]3O[C@H](N4CCC(=O)NC4=O)[C@H](O)[C@H]3O)[C@@H](O)[C@@H](O)[C@@H]2NC(=O)/C=C/CCCCCCC(C)C)O[C@@H](CO)[C@H](O)[C@H]1O. The number of amides is 5. The Kier molecular flexibility index (Phi) is 16.7. The van der Waals surface area contributed by atoms with E-state index in [0.717, 1.165) is 43.9 Å². The second-order valence-electron chi connectivity index (χ2n) is 15.0. The van der Waals surface area contributed by atoms with Gasteiger partial charge < -0.3 is 70.4 Å². The van der Waals surface area contributed by atoms with Gasteiger partial charge in [-0.25, -0.2) is 4.79 Å². The molecule has 0 bridgehead atoms. The van der Waals surface area contributed by atoms with Gasteiger partial charge in [0.1, 0.15) is 60.9 Å². The average molecular weight is 791 g/mol. The van der Waals surface area contributed by atoms with Crippen LogP contribution in [0.2, 0.25) is 0 Å². The molecule has 20 nitrogen and oxygen atoms in total. The number of urea groups is 1. The van der Waals surface area contributed by atoms with Gasteiger partial charge in [-0.1, -0.05) is 45.6 Å². The van der Waals surface area contributed by atoms with Gasteiger partial charge in [0.15, 0.2) is 18.8 Å². The minimum atomic E-state index is -1.84. The smallest absolute Gasteiger partial charge is 0.326 e. The van der Waals surface area contributed by atoms with E-state index in [1.54, 1.807) is 6.08 Å². The summed E-state index contributed by atoms with van der Waals surface area (Å²) in [5, 5.41) is 93.3. The summed E-state index contributed by atoms with van der Waals surface area (Å²) in [7, 11) is 0. The Morgan fingerprint density at radius 2 is 1.49 bits per heavy atom. The summed E-state index contributed by atoms with van der Waals surface area (Å²) >= 11 is 0. The van der Waals surface area contributed by atoms with Crippen molar-refractivity contribution in [3.05, 3.63) is 12.2 Å². The molecule has 0 radical (unpaired) electrons. The fourth-order valence-electron chi connectivity index (χ4n) is 7.14. The van der Waals surface area contributed by atoms with E-state index in [4.69, 9.17) is 18.9 Å². The van der Waals surface area contributed by atoms with Crippen molar-refractivity contribution in [2.75, 3.05) is 13.2 Å². The molecule has 0 spiro atoms. The first-order valence-corrected chi connectivity index (χ1v) is 18.9. The zero-order chi connectivity index (χ0) is 40.6. The van der Waals surface area contributed by atoms with Crippen molar-refractivity contribution >= 4 is 23.8 Å². The van der Waals surface area contributed by atoms with Crippen LogP contribution in [0.4, 0.5) is 4.79 Å². The molecule has 4 heterocycles. The highest BCUT2D eigenvalue weighted by atomic mass is 16.8. The van der Waals surface area contributed by atoms with E-state index < -0.39 is 129 Å². The maximum atomic E-state index is 13.1. The fraction of sp³-hybridized carbons (Fsp3) is 0.829. The summed E-state index contributed by atoms with van der Waals surface area (Å²) in [6.45, 7) is 4.55. The predicted molar refractivity (Wildman–Crippen MR) is 187 cm³/mol. The number of carbonyl (C=O) groups excluding carboxylic acids is 4. The zero-order valence-electron chi connectivity index (χ0n) is 31.3. The fourth-order valence-corrected chi connectivity index (χ4v) is 7.14. The van der Waals surface area contributed by atoms with Gasteiger partial charge in [0.2, 0.25) is 17.7 Å². The first kappa shape index (κ1) is 44.8. The largest absolute Gasteiger partial charge is 0.394 e. The molecule has 4 rings (SSSR count). The predicted octanol–water partition coefficient (Wildman–Crippen LogP) is -3.43. The van der Waals surface area contributed by atoms with Crippen molar-refractivity contribution in [2.24, 2.45) is 5.92 Å². The van der Waals surface area contributed by atoms with Crippen molar-refractivity contribution in [1.29, 1.82) is 0 Å². The van der Waals surface area contributed by atoms with E-state index in [9.17, 15) is 60.0 Å². The number of rotatable bonds is 17. The Bertz CT molecular complexity index is 1320. The number of allylic oxidation sites excluding steroid dienone is 1. The number of aliphatic hydroxyl groups excluding tert-OH is 8. The highest BCUT2D eigenvalue weighted by molar-refractivity contribution is 5.96. The second kappa shape index (κ2) is 20.5. The first-order chi connectivity index (χ1) is 26.0. The van der Waals surface area contributed by atoms with E-state index >= 15 is 0 Å². The van der Waals surface area contributed by atoms with Crippen molar-refractivity contribution < 1.29 is 79.0 Å². The molecule has 4 aliphatic heterocycles. The molecule has 0 aromatic heterocycles. The third-order valence-corrected chi connectivity index (χ3v) is 10.2. The standard InChI is InChI=1S/C35H58N4O16/c1-16(2)10-8-6-4-5-7-9-11-21(43)37-24-28(48)25(45)19(52-34(24)55-33-23(36-17(3)41)27(47)26(46)20(15-40)53-33)14-18(42)31-29(49)30(50)32(54-31)39-13-12-22(44)38-35(39)51/h9,11,16,18-20,23-34,40,42,45-50H,4-8,10,12-15H2,1-3H3,(H,36,41)(H,37,43)(H,38,44,51)/b11-9+/t18-,19+,20-,23-,24-,25+,26-,27-,28-,29+,30+,31+,32-,33+,34-/m0/s1. The Morgan fingerprint density at radius 3 is 2.11 bits per heavy atom. The molecule has 4 aliphatic rings. The summed E-state index contributed by atoms with van der Waals surface area (Å²) < 4.78 is 23.3. The molecule has 15 atom stereocenters. The highest BCUT2D eigenvalue weighted by Gasteiger charge is 2.54. The number of carbonyl (C=O) groups is 4. The van der Waals surface area contributed by atoms with Gasteiger partial charge in [-0.2, -0.15) is 0 Å². The van der Waals surface area contributed by atoms with Gasteiger partial charge in [0.05, 0.1) is 18.8 Å². The van der Waals surface area contributed by atoms with Crippen LogP contribution < -0.4 is 16.0 Å². The van der Waals surface area contributed by atoms with Crippen molar-refractivity contribution in [3.8, 4) is 0 Å². The van der Waals surface area contributed by atoms with Crippen LogP contribution in [0.15, 0.2) is 12.2 Å². The molecule has 55 heavy (non-hydrogen) atoms. The lowest BCUT2D eigenvalue weighted by Gasteiger charge is -2.47. The van der Waals surface area contributed by atoms with Crippen LogP contribution in [-0.2, 0) is 33.3 Å². The quantitative estimate of drug-likeness (QED) is 0.0505. The molecular formula is C35H58N4O16. The summed E-state index contributed by atoms with van der Waals surface area (Å²) in [5.74, 6) is -1.26. The van der Waals surface area contributed by atoms with Crippen LogP contribution in [0, 0.1) is 5.92 Å². The number of ether oxygens (including phenoxy) is 4. The number of unbranched alkanes of at least 4 members (excludes halogenated alkanes) is 4. The maximum absolute atomic E-state index is 13.1. The third kappa shape index (κ3) is 11.6. The number of hydrogen-bond acceptors (Lipinski definition) is 16. The molecule has 11 N–H and O–H groups in total. The van der Waals surface area contributed by atoms with Gasteiger partial charge in [-0.05, 0) is 24.8 Å². The molecule has 20 heteroatoms. The number of nitrogens with zero attached hydrogens (tertiary/aromatic N) is 1. The number of nitrogens with one attached hydrogen (secondary N) is 3.